The van der Waals surface area contributed by atoms with Gasteiger partial charge >= 0.3 is 0 Å². The summed E-state index contributed by atoms with van der Waals surface area (Å²) >= 11 is 0. The molecule has 0 aromatic heterocycles. The second-order valence-electron chi connectivity index (χ2n) is 6.02. The van der Waals surface area contributed by atoms with Crippen LogP contribution in [0.5, 0.6) is 5.75 Å². The van der Waals surface area contributed by atoms with Crippen LogP contribution in [0, 0.1) is 0 Å². The minimum atomic E-state index is 0.214. The van der Waals surface area contributed by atoms with Crippen molar-refractivity contribution in [2.24, 2.45) is 0 Å². The molecule has 1 aliphatic heterocycles. The van der Waals surface area contributed by atoms with Gasteiger partial charge in [-0.1, -0.05) is 12.1 Å². The van der Waals surface area contributed by atoms with Gasteiger partial charge in [0.05, 0.1) is 18.8 Å². The van der Waals surface area contributed by atoms with Gasteiger partial charge in [-0.2, -0.15) is 0 Å². The van der Waals surface area contributed by atoms with Crippen LogP contribution in [0.15, 0.2) is 24.3 Å². The van der Waals surface area contributed by atoms with Crippen LogP contribution >= 0.6 is 0 Å². The molecule has 2 atom stereocenters. The molecule has 0 bridgehead atoms. The first-order valence-corrected chi connectivity index (χ1v) is 7.86. The monoisotopic (exact) mass is 292 g/mol. The van der Waals surface area contributed by atoms with Crippen LogP contribution < -0.4 is 10.1 Å². The number of morpholine rings is 1. The molecular formula is C17H28N2O2. The predicted molar refractivity (Wildman–Crippen MR) is 85.9 cm³/mol. The lowest BCUT2D eigenvalue weighted by Gasteiger charge is -2.33. The largest absolute Gasteiger partial charge is 0.491 e. The summed E-state index contributed by atoms with van der Waals surface area (Å²) in [7, 11) is 2.02. The number of ether oxygens (including phenoxy) is 2. The average Bonchev–Trinajstić information content (AvgIpc) is 2.45. The van der Waals surface area contributed by atoms with Crippen molar-refractivity contribution in [3.05, 3.63) is 29.8 Å². The zero-order valence-corrected chi connectivity index (χ0v) is 13.6. The van der Waals surface area contributed by atoms with E-state index in [0.717, 1.165) is 32.0 Å². The number of benzene rings is 1. The molecule has 1 saturated heterocycles. The van der Waals surface area contributed by atoms with Crippen molar-refractivity contribution >= 4 is 0 Å². The Bertz CT molecular complexity index is 419. The van der Waals surface area contributed by atoms with Gasteiger partial charge in [-0.05, 0) is 45.5 Å². The maximum Gasteiger partial charge on any atom is 0.119 e. The molecule has 0 spiro atoms. The first-order chi connectivity index (χ1) is 10.1. The van der Waals surface area contributed by atoms with Gasteiger partial charge in [0, 0.05) is 25.7 Å². The van der Waals surface area contributed by atoms with Gasteiger partial charge in [-0.3, -0.25) is 4.90 Å². The molecule has 0 radical (unpaired) electrons. The lowest BCUT2D eigenvalue weighted by Crippen LogP contribution is -2.44. The van der Waals surface area contributed by atoms with Crippen molar-refractivity contribution in [3.8, 4) is 5.75 Å². The number of hydrogen-bond donors (Lipinski definition) is 1. The smallest absolute Gasteiger partial charge is 0.119 e. The van der Waals surface area contributed by atoms with E-state index in [0.29, 0.717) is 12.1 Å². The Morgan fingerprint density at radius 3 is 2.62 bits per heavy atom. The van der Waals surface area contributed by atoms with Crippen LogP contribution in [-0.4, -0.2) is 50.4 Å². The van der Waals surface area contributed by atoms with Crippen molar-refractivity contribution < 1.29 is 9.47 Å². The molecule has 1 aliphatic rings. The quantitative estimate of drug-likeness (QED) is 0.873. The van der Waals surface area contributed by atoms with E-state index in [1.165, 1.54) is 5.56 Å². The summed E-state index contributed by atoms with van der Waals surface area (Å²) < 4.78 is 11.3. The summed E-state index contributed by atoms with van der Waals surface area (Å²) in [5, 5.41) is 3.42. The average molecular weight is 292 g/mol. The van der Waals surface area contributed by atoms with E-state index in [2.05, 4.69) is 41.4 Å². The van der Waals surface area contributed by atoms with E-state index in [4.69, 9.17) is 9.47 Å². The molecule has 0 saturated carbocycles. The second-order valence-corrected chi connectivity index (χ2v) is 6.02. The van der Waals surface area contributed by atoms with Crippen molar-refractivity contribution in [1.82, 2.24) is 10.2 Å². The molecule has 1 aromatic rings. The molecule has 1 N–H and O–H groups in total. The Morgan fingerprint density at radius 1 is 1.33 bits per heavy atom. The highest BCUT2D eigenvalue weighted by molar-refractivity contribution is 5.29. The van der Waals surface area contributed by atoms with Gasteiger partial charge in [0.25, 0.3) is 0 Å². The van der Waals surface area contributed by atoms with Gasteiger partial charge in [0.15, 0.2) is 0 Å². The maximum absolute atomic E-state index is 5.70. The number of rotatable bonds is 6. The van der Waals surface area contributed by atoms with Gasteiger partial charge < -0.3 is 14.8 Å². The Balaban J connectivity index is 1.96. The molecule has 0 aliphatic carbocycles. The Labute approximate surface area is 128 Å². The van der Waals surface area contributed by atoms with E-state index >= 15 is 0 Å². The highest BCUT2D eigenvalue weighted by Gasteiger charge is 2.20. The summed E-state index contributed by atoms with van der Waals surface area (Å²) in [5.74, 6) is 0.934. The van der Waals surface area contributed by atoms with Crippen LogP contribution in [0.25, 0.3) is 0 Å². The lowest BCUT2D eigenvalue weighted by molar-refractivity contribution is -0.0208. The second kappa shape index (κ2) is 7.78. The topological polar surface area (TPSA) is 33.7 Å². The third kappa shape index (κ3) is 4.99. The van der Waals surface area contributed by atoms with Gasteiger partial charge in [-0.25, -0.2) is 0 Å². The van der Waals surface area contributed by atoms with Crippen molar-refractivity contribution in [3.63, 3.8) is 0 Å². The first-order valence-electron chi connectivity index (χ1n) is 7.86. The summed E-state index contributed by atoms with van der Waals surface area (Å²) in [4.78, 5) is 2.47. The lowest BCUT2D eigenvalue weighted by atomic mass is 10.1. The summed E-state index contributed by atoms with van der Waals surface area (Å²) in [6.07, 6.45) is 0.545. The standard InChI is InChI=1S/C17H28N2O2/c1-13(2)21-16-7-5-15(6-8-16)17(18-4)12-19-9-10-20-14(3)11-19/h5-8,13-14,17-18H,9-12H2,1-4H3. The van der Waals surface area contributed by atoms with Gasteiger partial charge in [-0.15, -0.1) is 0 Å². The molecule has 2 rings (SSSR count). The molecule has 1 heterocycles. The zero-order valence-electron chi connectivity index (χ0n) is 13.6. The molecule has 1 fully saturated rings. The van der Waals surface area contributed by atoms with Crippen LogP contribution in [0.3, 0.4) is 0 Å². The van der Waals surface area contributed by atoms with E-state index in [9.17, 15) is 0 Å². The maximum atomic E-state index is 5.70. The highest BCUT2D eigenvalue weighted by atomic mass is 16.5. The summed E-state index contributed by atoms with van der Waals surface area (Å²) in [6.45, 7) is 10.1. The molecule has 4 heteroatoms. The fourth-order valence-corrected chi connectivity index (χ4v) is 2.73. The Kier molecular flexibility index (Phi) is 6.03. The van der Waals surface area contributed by atoms with Crippen LogP contribution in [0.4, 0.5) is 0 Å². The molecule has 1 aromatic carbocycles. The summed E-state index contributed by atoms with van der Waals surface area (Å²) in [5.41, 5.74) is 1.30. The van der Waals surface area contributed by atoms with E-state index < -0.39 is 0 Å². The van der Waals surface area contributed by atoms with Crippen molar-refractivity contribution in [1.29, 1.82) is 0 Å². The Hall–Kier alpha value is -1.10. The van der Waals surface area contributed by atoms with E-state index in [1.807, 2.05) is 20.9 Å². The minimum Gasteiger partial charge on any atom is -0.491 e. The molecule has 21 heavy (non-hydrogen) atoms. The molecule has 0 amide bonds. The predicted octanol–water partition coefficient (Wildman–Crippen LogP) is 2.45. The third-order valence-electron chi connectivity index (χ3n) is 3.77. The van der Waals surface area contributed by atoms with Crippen LogP contribution in [0.2, 0.25) is 0 Å². The van der Waals surface area contributed by atoms with Crippen LogP contribution in [-0.2, 0) is 4.74 Å². The third-order valence-corrected chi connectivity index (χ3v) is 3.77. The van der Waals surface area contributed by atoms with Gasteiger partial charge in [0.2, 0.25) is 0 Å². The van der Waals surface area contributed by atoms with Gasteiger partial charge in [0.1, 0.15) is 5.75 Å². The number of hydrogen-bond acceptors (Lipinski definition) is 4. The fourth-order valence-electron chi connectivity index (χ4n) is 2.73. The fraction of sp³-hybridized carbons (Fsp3) is 0.647. The molecule has 4 nitrogen and oxygen atoms in total. The Morgan fingerprint density at radius 2 is 2.05 bits per heavy atom. The molecule has 118 valence electrons. The van der Waals surface area contributed by atoms with E-state index in [-0.39, 0.29) is 6.10 Å². The molecule has 2 unspecified atom stereocenters. The summed E-state index contributed by atoms with van der Waals surface area (Å²) in [6, 6.07) is 8.76. The van der Waals surface area contributed by atoms with Crippen molar-refractivity contribution in [2.45, 2.75) is 39.0 Å². The number of nitrogens with one attached hydrogen (secondary N) is 1. The SMILES string of the molecule is CNC(CN1CCOC(C)C1)c1ccc(OC(C)C)cc1. The van der Waals surface area contributed by atoms with Crippen LogP contribution in [0.1, 0.15) is 32.4 Å². The van der Waals surface area contributed by atoms with Crippen molar-refractivity contribution in [2.75, 3.05) is 33.3 Å². The number of likely N-dealkylation sites (N-methyl/N-ethyl adjacent to an activating group) is 1. The minimum absolute atomic E-state index is 0.214. The molecular weight excluding hydrogens is 264 g/mol. The zero-order chi connectivity index (χ0) is 15.2. The highest BCUT2D eigenvalue weighted by Crippen LogP contribution is 2.20. The normalized spacial score (nSPS) is 21.5. The first kappa shape index (κ1) is 16.3. The van der Waals surface area contributed by atoms with E-state index in [1.54, 1.807) is 0 Å². The number of nitrogens with zero attached hydrogens (tertiary/aromatic N) is 1.